The molecule has 1 N–H and O–H groups in total. The van der Waals surface area contributed by atoms with E-state index in [2.05, 4.69) is 5.32 Å². The summed E-state index contributed by atoms with van der Waals surface area (Å²) in [5, 5.41) is 3.11. The minimum Gasteiger partial charge on any atom is -0.311 e. The van der Waals surface area contributed by atoms with E-state index in [9.17, 15) is 4.79 Å². The first-order chi connectivity index (χ1) is 8.36. The number of likely N-dealkylation sites (N-methyl/N-ethyl adjacent to an activating group) is 1. The van der Waals surface area contributed by atoms with Gasteiger partial charge in [-0.15, -0.1) is 0 Å². The van der Waals surface area contributed by atoms with Crippen molar-refractivity contribution in [2.75, 3.05) is 7.05 Å². The van der Waals surface area contributed by atoms with Crippen LogP contribution in [0.25, 0.3) is 0 Å². The first-order valence-corrected chi connectivity index (χ1v) is 7.49. The van der Waals surface area contributed by atoms with Crippen LogP contribution in [0.15, 0.2) is 0 Å². The molecule has 0 saturated heterocycles. The Hall–Kier alpha value is -0.370. The van der Waals surface area contributed by atoms with Crippen LogP contribution < -0.4 is 5.32 Å². The number of carbonyl (C=O) groups is 1. The highest BCUT2D eigenvalue weighted by Crippen LogP contribution is 2.24. The fourth-order valence-electron chi connectivity index (χ4n) is 2.91. The van der Waals surface area contributed by atoms with Gasteiger partial charge in [0.1, 0.15) is 6.29 Å². The van der Waals surface area contributed by atoms with Crippen molar-refractivity contribution in [2.24, 2.45) is 5.92 Å². The maximum atomic E-state index is 10.9. The smallest absolute Gasteiger partial charge is 0.136 e. The molecular weight excluding hydrogens is 210 g/mol. The third-order valence-corrected chi connectivity index (χ3v) is 4.10. The van der Waals surface area contributed by atoms with Crippen molar-refractivity contribution in [2.45, 2.75) is 76.7 Å². The van der Waals surface area contributed by atoms with Gasteiger partial charge in [0.2, 0.25) is 0 Å². The monoisotopic (exact) mass is 239 g/mol. The maximum Gasteiger partial charge on any atom is 0.136 e. The fourth-order valence-corrected chi connectivity index (χ4v) is 2.91. The normalized spacial score (nSPS) is 22.6. The molecule has 1 unspecified atom stereocenters. The number of carbonyl (C=O) groups excluding carboxylic acids is 1. The molecule has 100 valence electrons. The van der Waals surface area contributed by atoms with Crippen molar-refractivity contribution in [3.05, 3.63) is 0 Å². The third kappa shape index (κ3) is 6.82. The zero-order valence-electron chi connectivity index (χ0n) is 11.4. The van der Waals surface area contributed by atoms with Crippen molar-refractivity contribution in [3.8, 4) is 0 Å². The van der Waals surface area contributed by atoms with Gasteiger partial charge >= 0.3 is 0 Å². The molecular formula is C15H29NO. The van der Waals surface area contributed by atoms with Crippen molar-refractivity contribution in [3.63, 3.8) is 0 Å². The van der Waals surface area contributed by atoms with Crippen molar-refractivity contribution >= 4 is 6.29 Å². The van der Waals surface area contributed by atoms with Crippen molar-refractivity contribution < 1.29 is 4.79 Å². The molecule has 0 spiro atoms. The molecule has 2 heteroatoms. The van der Waals surface area contributed by atoms with Crippen LogP contribution in [0, 0.1) is 5.92 Å². The Morgan fingerprint density at radius 3 is 1.88 bits per heavy atom. The van der Waals surface area contributed by atoms with E-state index in [4.69, 9.17) is 0 Å². The Morgan fingerprint density at radius 2 is 1.47 bits per heavy atom. The van der Waals surface area contributed by atoms with Crippen LogP contribution in [0.4, 0.5) is 0 Å². The molecule has 1 atom stereocenters. The van der Waals surface area contributed by atoms with Crippen LogP contribution in [-0.4, -0.2) is 19.4 Å². The van der Waals surface area contributed by atoms with Gasteiger partial charge in [0.05, 0.1) is 6.04 Å². The average Bonchev–Trinajstić information content (AvgIpc) is 2.41. The summed E-state index contributed by atoms with van der Waals surface area (Å²) < 4.78 is 0. The summed E-state index contributed by atoms with van der Waals surface area (Å²) in [6.07, 6.45) is 16.0. The maximum absolute atomic E-state index is 10.9. The Bertz CT molecular complexity index is 181. The summed E-state index contributed by atoms with van der Waals surface area (Å²) in [5.74, 6) is 0.760. The Morgan fingerprint density at radius 1 is 1.00 bits per heavy atom. The van der Waals surface area contributed by atoms with Gasteiger partial charge in [-0.3, -0.25) is 0 Å². The first-order valence-electron chi connectivity index (χ1n) is 7.49. The Labute approximate surface area is 107 Å². The molecule has 1 rings (SSSR count). The predicted octanol–water partition coefficient (Wildman–Crippen LogP) is 3.69. The van der Waals surface area contributed by atoms with Gasteiger partial charge in [-0.25, -0.2) is 0 Å². The van der Waals surface area contributed by atoms with E-state index >= 15 is 0 Å². The number of aldehydes is 1. The zero-order chi connectivity index (χ0) is 12.3. The summed E-state index contributed by atoms with van der Waals surface area (Å²) in [4.78, 5) is 10.9. The second kappa shape index (κ2) is 9.64. The van der Waals surface area contributed by atoms with Crippen LogP contribution in [0.1, 0.15) is 70.6 Å². The summed E-state index contributed by atoms with van der Waals surface area (Å²) in [7, 11) is 1.89. The minimum absolute atomic E-state index is 0.0742. The zero-order valence-corrected chi connectivity index (χ0v) is 11.4. The second-order valence-corrected chi connectivity index (χ2v) is 5.54. The molecule has 0 radical (unpaired) electrons. The molecule has 1 saturated carbocycles. The van der Waals surface area contributed by atoms with E-state index < -0.39 is 0 Å². The lowest BCUT2D eigenvalue weighted by Gasteiger charge is -2.19. The molecule has 0 aliphatic heterocycles. The van der Waals surface area contributed by atoms with Crippen LogP contribution >= 0.6 is 0 Å². The summed E-state index contributed by atoms with van der Waals surface area (Å²) >= 11 is 0. The SMILES string of the molecule is CNC(C=O)CC1CCCCCCCCCC1. The van der Waals surface area contributed by atoms with Gasteiger partial charge in [0.25, 0.3) is 0 Å². The van der Waals surface area contributed by atoms with Crippen LogP contribution in [-0.2, 0) is 4.79 Å². The topological polar surface area (TPSA) is 29.1 Å². The second-order valence-electron chi connectivity index (χ2n) is 5.54. The van der Waals surface area contributed by atoms with Crippen LogP contribution in [0.5, 0.6) is 0 Å². The number of hydrogen-bond donors (Lipinski definition) is 1. The lowest BCUT2D eigenvalue weighted by atomic mass is 9.90. The molecule has 0 aromatic rings. The lowest BCUT2D eigenvalue weighted by molar-refractivity contribution is -0.109. The average molecular weight is 239 g/mol. The van der Waals surface area contributed by atoms with Gasteiger partial charge in [-0.2, -0.15) is 0 Å². The van der Waals surface area contributed by atoms with E-state index in [1.807, 2.05) is 7.05 Å². The van der Waals surface area contributed by atoms with Crippen molar-refractivity contribution in [1.82, 2.24) is 5.32 Å². The highest BCUT2D eigenvalue weighted by molar-refractivity contribution is 5.57. The number of hydrogen-bond acceptors (Lipinski definition) is 2. The largest absolute Gasteiger partial charge is 0.311 e. The molecule has 2 nitrogen and oxygen atoms in total. The summed E-state index contributed by atoms with van der Waals surface area (Å²) in [6, 6.07) is 0.0742. The molecule has 0 heterocycles. The molecule has 0 amide bonds. The highest BCUT2D eigenvalue weighted by atomic mass is 16.1. The van der Waals surface area contributed by atoms with E-state index in [0.29, 0.717) is 0 Å². The van der Waals surface area contributed by atoms with Crippen LogP contribution in [0.3, 0.4) is 0 Å². The van der Waals surface area contributed by atoms with Gasteiger partial charge < -0.3 is 10.1 Å². The predicted molar refractivity (Wildman–Crippen MR) is 73.2 cm³/mol. The molecule has 0 bridgehead atoms. The number of nitrogens with one attached hydrogen (secondary N) is 1. The van der Waals surface area contributed by atoms with E-state index in [1.165, 1.54) is 64.2 Å². The molecule has 0 aromatic heterocycles. The van der Waals surface area contributed by atoms with Gasteiger partial charge in [-0.1, -0.05) is 64.2 Å². The summed E-state index contributed by atoms with van der Waals surface area (Å²) in [5.41, 5.74) is 0. The molecule has 1 aliphatic rings. The van der Waals surface area contributed by atoms with Gasteiger partial charge in [-0.05, 0) is 19.4 Å². The molecule has 0 aromatic carbocycles. The standard InChI is InChI=1S/C15H29NO/c1-16-15(13-17)12-14-10-8-6-4-2-3-5-7-9-11-14/h13-16H,2-12H2,1H3. The molecule has 1 fully saturated rings. The highest BCUT2D eigenvalue weighted by Gasteiger charge is 2.14. The lowest BCUT2D eigenvalue weighted by Crippen LogP contribution is -2.29. The third-order valence-electron chi connectivity index (χ3n) is 4.10. The summed E-state index contributed by atoms with van der Waals surface area (Å²) in [6.45, 7) is 0. The number of rotatable bonds is 4. The Balaban J connectivity index is 2.33. The molecule has 17 heavy (non-hydrogen) atoms. The molecule has 1 aliphatic carbocycles. The van der Waals surface area contributed by atoms with E-state index in [0.717, 1.165) is 18.6 Å². The van der Waals surface area contributed by atoms with Crippen LogP contribution in [0.2, 0.25) is 0 Å². The van der Waals surface area contributed by atoms with E-state index in [1.54, 1.807) is 0 Å². The Kier molecular flexibility index (Phi) is 8.33. The minimum atomic E-state index is 0.0742. The quantitative estimate of drug-likeness (QED) is 0.758. The fraction of sp³-hybridized carbons (Fsp3) is 0.933. The van der Waals surface area contributed by atoms with E-state index in [-0.39, 0.29) is 6.04 Å². The first kappa shape index (κ1) is 14.7. The van der Waals surface area contributed by atoms with Gasteiger partial charge in [0.15, 0.2) is 0 Å². The van der Waals surface area contributed by atoms with Gasteiger partial charge in [0, 0.05) is 0 Å². The van der Waals surface area contributed by atoms with Crippen molar-refractivity contribution in [1.29, 1.82) is 0 Å².